The molecular weight excluding hydrogens is 383 g/mol. The third-order valence-corrected chi connectivity index (χ3v) is 2.36. The monoisotopic (exact) mass is 414 g/mol. The Labute approximate surface area is 146 Å². The van der Waals surface area contributed by atoms with Crippen LogP contribution in [0, 0.1) is 0 Å². The largest absolute Gasteiger partial charge is 0.444 e. The lowest BCUT2D eigenvalue weighted by Crippen LogP contribution is -2.40. The molecule has 21 heavy (non-hydrogen) atoms. The van der Waals surface area contributed by atoms with Crippen molar-refractivity contribution in [2.45, 2.75) is 47.1 Å². The summed E-state index contributed by atoms with van der Waals surface area (Å²) in [6, 6.07) is 0. The maximum atomic E-state index is 11.9. The summed E-state index contributed by atoms with van der Waals surface area (Å²) in [7, 11) is 0. The highest BCUT2D eigenvalue weighted by molar-refractivity contribution is 14.0. The zero-order valence-electron chi connectivity index (χ0n) is 14.2. The predicted octanol–water partition coefficient (Wildman–Crippen LogP) is 2.44. The van der Waals surface area contributed by atoms with Gasteiger partial charge in [0.2, 0.25) is 0 Å². The molecule has 0 unspecified atom stereocenters. The summed E-state index contributed by atoms with van der Waals surface area (Å²) in [6.07, 6.45) is -0.288. The van der Waals surface area contributed by atoms with Crippen molar-refractivity contribution in [3.05, 3.63) is 0 Å². The molecule has 0 spiro atoms. The highest BCUT2D eigenvalue weighted by Gasteiger charge is 2.20. The standard InChI is InChI=1S/C14H30N4O2.HI/c1-7-15-12(16-8-2)17-10-11-18(9-3)13(19)20-14(4,5)6;/h7-11H2,1-6H3,(H2,15,16,17);1H. The first-order valence-electron chi connectivity index (χ1n) is 7.34. The first kappa shape index (κ1) is 22.5. The lowest BCUT2D eigenvalue weighted by molar-refractivity contribution is 0.0266. The molecule has 0 saturated carbocycles. The summed E-state index contributed by atoms with van der Waals surface area (Å²) >= 11 is 0. The van der Waals surface area contributed by atoms with Gasteiger partial charge >= 0.3 is 6.09 Å². The number of aliphatic imine (C=N–C) groups is 1. The van der Waals surface area contributed by atoms with Crippen molar-refractivity contribution < 1.29 is 9.53 Å². The molecule has 7 heteroatoms. The average Bonchev–Trinajstić information content (AvgIpc) is 2.32. The second-order valence-corrected chi connectivity index (χ2v) is 5.35. The van der Waals surface area contributed by atoms with E-state index in [1.807, 2.05) is 41.5 Å². The number of ether oxygens (including phenoxy) is 1. The Bertz CT molecular complexity index is 309. The van der Waals surface area contributed by atoms with Crippen LogP contribution in [0.5, 0.6) is 0 Å². The number of guanidine groups is 1. The molecule has 0 aliphatic rings. The van der Waals surface area contributed by atoms with Gasteiger partial charge in [0.15, 0.2) is 5.96 Å². The van der Waals surface area contributed by atoms with Crippen LogP contribution in [0.3, 0.4) is 0 Å². The molecule has 2 N–H and O–H groups in total. The second kappa shape index (κ2) is 11.9. The van der Waals surface area contributed by atoms with E-state index in [9.17, 15) is 4.79 Å². The molecule has 0 aromatic rings. The molecule has 0 heterocycles. The van der Waals surface area contributed by atoms with Crippen molar-refractivity contribution in [2.24, 2.45) is 4.99 Å². The molecule has 0 aliphatic carbocycles. The second-order valence-electron chi connectivity index (χ2n) is 5.35. The van der Waals surface area contributed by atoms with Crippen LogP contribution in [-0.2, 0) is 4.74 Å². The number of carbonyl (C=O) groups is 1. The Kier molecular flexibility index (Phi) is 12.8. The number of carbonyl (C=O) groups excluding carboxylic acids is 1. The quantitative estimate of drug-likeness (QED) is 0.398. The molecule has 126 valence electrons. The molecular formula is C14H31IN4O2. The zero-order chi connectivity index (χ0) is 15.6. The number of halogens is 1. The van der Waals surface area contributed by atoms with E-state index in [2.05, 4.69) is 15.6 Å². The van der Waals surface area contributed by atoms with Gasteiger partial charge < -0.3 is 20.3 Å². The Hall–Kier alpha value is -0.730. The van der Waals surface area contributed by atoms with Gasteiger partial charge in [-0.15, -0.1) is 24.0 Å². The number of amides is 1. The van der Waals surface area contributed by atoms with Crippen LogP contribution < -0.4 is 10.6 Å². The lowest BCUT2D eigenvalue weighted by Gasteiger charge is -2.26. The molecule has 0 saturated heterocycles. The number of nitrogens with zero attached hydrogens (tertiary/aromatic N) is 2. The molecule has 1 amide bonds. The van der Waals surface area contributed by atoms with Gasteiger partial charge in [0, 0.05) is 26.2 Å². The number of hydrogen-bond donors (Lipinski definition) is 2. The van der Waals surface area contributed by atoms with E-state index >= 15 is 0 Å². The maximum Gasteiger partial charge on any atom is 0.410 e. The summed E-state index contributed by atoms with van der Waals surface area (Å²) in [4.78, 5) is 18.0. The van der Waals surface area contributed by atoms with Crippen molar-refractivity contribution >= 4 is 36.0 Å². The summed E-state index contributed by atoms with van der Waals surface area (Å²) in [6.45, 7) is 14.9. The van der Waals surface area contributed by atoms with Gasteiger partial charge in [-0.2, -0.15) is 0 Å². The maximum absolute atomic E-state index is 11.9. The van der Waals surface area contributed by atoms with Crippen LogP contribution in [0.1, 0.15) is 41.5 Å². The van der Waals surface area contributed by atoms with Gasteiger partial charge in [0.05, 0.1) is 6.54 Å². The number of nitrogens with one attached hydrogen (secondary N) is 2. The first-order valence-corrected chi connectivity index (χ1v) is 7.34. The summed E-state index contributed by atoms with van der Waals surface area (Å²) < 4.78 is 5.35. The SMILES string of the molecule is CCNC(=NCCN(CC)C(=O)OC(C)(C)C)NCC.I. The van der Waals surface area contributed by atoms with Crippen molar-refractivity contribution in [3.63, 3.8) is 0 Å². The van der Waals surface area contributed by atoms with Crippen LogP contribution in [0.25, 0.3) is 0 Å². The van der Waals surface area contributed by atoms with E-state index in [0.717, 1.165) is 19.0 Å². The van der Waals surface area contributed by atoms with Crippen LogP contribution in [0.2, 0.25) is 0 Å². The normalized spacial score (nSPS) is 10.2. The van der Waals surface area contributed by atoms with Crippen molar-refractivity contribution in [1.29, 1.82) is 0 Å². The van der Waals surface area contributed by atoms with E-state index in [0.29, 0.717) is 19.6 Å². The smallest absolute Gasteiger partial charge is 0.410 e. The third kappa shape index (κ3) is 11.6. The van der Waals surface area contributed by atoms with E-state index in [1.165, 1.54) is 0 Å². The molecule has 0 aliphatic heterocycles. The predicted molar refractivity (Wildman–Crippen MR) is 98.6 cm³/mol. The van der Waals surface area contributed by atoms with E-state index < -0.39 is 5.60 Å². The molecule has 0 rings (SSSR count). The van der Waals surface area contributed by atoms with Gasteiger partial charge in [-0.25, -0.2) is 4.79 Å². The van der Waals surface area contributed by atoms with Crippen molar-refractivity contribution in [3.8, 4) is 0 Å². The number of rotatable bonds is 6. The van der Waals surface area contributed by atoms with E-state index in [1.54, 1.807) is 4.90 Å². The van der Waals surface area contributed by atoms with E-state index in [-0.39, 0.29) is 30.1 Å². The summed E-state index contributed by atoms with van der Waals surface area (Å²) in [5, 5.41) is 6.29. The van der Waals surface area contributed by atoms with Crippen LogP contribution >= 0.6 is 24.0 Å². The number of hydrogen-bond acceptors (Lipinski definition) is 3. The Balaban J connectivity index is 0. The van der Waals surface area contributed by atoms with Crippen LogP contribution in [0.4, 0.5) is 4.79 Å². The first-order chi connectivity index (χ1) is 9.34. The highest BCUT2D eigenvalue weighted by Crippen LogP contribution is 2.09. The highest BCUT2D eigenvalue weighted by atomic mass is 127. The Morgan fingerprint density at radius 1 is 1.14 bits per heavy atom. The van der Waals surface area contributed by atoms with Crippen LogP contribution in [0.15, 0.2) is 4.99 Å². The summed E-state index contributed by atoms with van der Waals surface area (Å²) in [5.74, 6) is 0.773. The van der Waals surface area contributed by atoms with Gasteiger partial charge in [0.1, 0.15) is 5.60 Å². The Morgan fingerprint density at radius 2 is 1.67 bits per heavy atom. The van der Waals surface area contributed by atoms with Gasteiger partial charge in [-0.3, -0.25) is 4.99 Å². The fourth-order valence-corrected chi connectivity index (χ4v) is 1.50. The molecule has 0 aromatic carbocycles. The Morgan fingerprint density at radius 3 is 2.05 bits per heavy atom. The fraction of sp³-hybridized carbons (Fsp3) is 0.857. The van der Waals surface area contributed by atoms with Gasteiger partial charge in [-0.05, 0) is 41.5 Å². The minimum atomic E-state index is -0.466. The minimum Gasteiger partial charge on any atom is -0.444 e. The molecule has 0 fully saturated rings. The topological polar surface area (TPSA) is 66.0 Å². The lowest BCUT2D eigenvalue weighted by atomic mass is 10.2. The molecule has 0 atom stereocenters. The van der Waals surface area contributed by atoms with Crippen LogP contribution in [-0.4, -0.2) is 55.3 Å². The van der Waals surface area contributed by atoms with Crippen molar-refractivity contribution in [1.82, 2.24) is 15.5 Å². The zero-order valence-corrected chi connectivity index (χ0v) is 16.5. The van der Waals surface area contributed by atoms with Crippen molar-refractivity contribution in [2.75, 3.05) is 32.7 Å². The average molecular weight is 414 g/mol. The molecule has 0 bridgehead atoms. The summed E-state index contributed by atoms with van der Waals surface area (Å²) in [5.41, 5.74) is -0.466. The fourth-order valence-electron chi connectivity index (χ4n) is 1.50. The minimum absolute atomic E-state index is 0. The molecule has 6 nitrogen and oxygen atoms in total. The number of likely N-dealkylation sites (N-methyl/N-ethyl adjacent to an activating group) is 1. The van der Waals surface area contributed by atoms with Gasteiger partial charge in [0.25, 0.3) is 0 Å². The molecule has 0 radical (unpaired) electrons. The third-order valence-electron chi connectivity index (χ3n) is 2.36. The van der Waals surface area contributed by atoms with Gasteiger partial charge in [-0.1, -0.05) is 0 Å². The molecule has 0 aromatic heterocycles. The van der Waals surface area contributed by atoms with E-state index in [4.69, 9.17) is 4.74 Å².